The maximum Gasteiger partial charge on any atom is 0.321 e. The summed E-state index contributed by atoms with van der Waals surface area (Å²) in [5.74, 6) is -1.39. The Hall–Kier alpha value is -1.09. The van der Waals surface area contributed by atoms with Crippen LogP contribution in [0.3, 0.4) is 0 Å². The molecule has 0 N–H and O–H groups in total. The number of hydrogen-bond donors (Lipinski definition) is 0. The number of ether oxygens (including phenoxy) is 1. The number of hydrogen-bond acceptors (Lipinski definition) is 5. The Morgan fingerprint density at radius 1 is 1.47 bits per heavy atom. The fourth-order valence-electron chi connectivity index (χ4n) is 1.11. The van der Waals surface area contributed by atoms with Crippen molar-refractivity contribution in [3.8, 4) is 6.07 Å². The predicted molar refractivity (Wildman–Crippen MR) is 54.7 cm³/mol. The first-order valence-electron chi connectivity index (χ1n) is 4.72. The molecule has 1 unspecified atom stereocenters. The molecule has 0 rings (SSSR count). The van der Waals surface area contributed by atoms with Crippen LogP contribution in [0.2, 0.25) is 0 Å². The van der Waals surface area contributed by atoms with Crippen LogP contribution >= 0.6 is 0 Å². The van der Waals surface area contributed by atoms with Gasteiger partial charge in [-0.15, -0.1) is 0 Å². The van der Waals surface area contributed by atoms with Gasteiger partial charge in [0.1, 0.15) is 5.75 Å². The lowest BCUT2D eigenvalue weighted by Crippen LogP contribution is -2.28. The van der Waals surface area contributed by atoms with Crippen molar-refractivity contribution in [2.45, 2.75) is 31.9 Å². The van der Waals surface area contributed by atoms with Crippen LogP contribution in [0, 0.1) is 11.3 Å². The van der Waals surface area contributed by atoms with E-state index in [2.05, 4.69) is 4.74 Å². The highest BCUT2D eigenvalue weighted by atomic mass is 32.2. The summed E-state index contributed by atoms with van der Waals surface area (Å²) in [4.78, 5) is 11.0. The second kappa shape index (κ2) is 6.40. The van der Waals surface area contributed by atoms with Crippen LogP contribution in [0.5, 0.6) is 0 Å². The molecule has 0 amide bonds. The van der Waals surface area contributed by atoms with E-state index >= 15 is 0 Å². The quantitative estimate of drug-likeness (QED) is 0.629. The molecule has 0 saturated heterocycles. The lowest BCUT2D eigenvalue weighted by Gasteiger charge is -2.11. The van der Waals surface area contributed by atoms with E-state index in [1.54, 1.807) is 19.9 Å². The van der Waals surface area contributed by atoms with E-state index in [0.717, 1.165) is 0 Å². The normalized spacial score (nSPS) is 12.9. The smallest absolute Gasteiger partial charge is 0.321 e. The Labute approximate surface area is 90.0 Å². The Morgan fingerprint density at radius 3 is 2.47 bits per heavy atom. The molecule has 0 heterocycles. The molecule has 0 bridgehead atoms. The summed E-state index contributed by atoms with van der Waals surface area (Å²) in [6.07, 6.45) is 0.244. The highest BCUT2D eigenvalue weighted by molar-refractivity contribution is 7.92. The monoisotopic (exact) mass is 233 g/mol. The van der Waals surface area contributed by atoms with Crippen LogP contribution < -0.4 is 0 Å². The van der Waals surface area contributed by atoms with E-state index in [0.29, 0.717) is 6.42 Å². The summed E-state index contributed by atoms with van der Waals surface area (Å²) in [6, 6.07) is 1.80. The second-order valence-corrected chi connectivity index (χ2v) is 5.29. The average molecular weight is 233 g/mol. The van der Waals surface area contributed by atoms with Gasteiger partial charge in [-0.05, 0) is 13.3 Å². The number of esters is 1. The minimum absolute atomic E-state index is 0.0851. The number of nitrogens with zero attached hydrogens (tertiary/aromatic N) is 1. The summed E-state index contributed by atoms with van der Waals surface area (Å²) in [5.41, 5.74) is 0. The molecule has 0 aliphatic carbocycles. The highest BCUT2D eigenvalue weighted by Crippen LogP contribution is 2.11. The van der Waals surface area contributed by atoms with Crippen LogP contribution in [-0.4, -0.2) is 32.0 Å². The number of carbonyl (C=O) groups is 1. The van der Waals surface area contributed by atoms with Crippen LogP contribution in [-0.2, 0) is 19.4 Å². The SMILES string of the molecule is CCOC(=O)CS(=O)(=O)C(CC)CC#N. The van der Waals surface area contributed by atoms with Gasteiger partial charge in [-0.2, -0.15) is 5.26 Å². The standard InChI is InChI=1S/C9H15NO4S/c1-3-8(5-6-10)15(12,13)7-9(11)14-4-2/h8H,3-5,7H2,1-2H3. The van der Waals surface area contributed by atoms with Gasteiger partial charge in [-0.3, -0.25) is 4.79 Å². The van der Waals surface area contributed by atoms with Crippen molar-refractivity contribution < 1.29 is 17.9 Å². The van der Waals surface area contributed by atoms with Gasteiger partial charge in [-0.25, -0.2) is 8.42 Å². The molecule has 0 aliphatic rings. The van der Waals surface area contributed by atoms with Gasteiger partial charge in [0.05, 0.1) is 24.3 Å². The molecule has 1 atom stereocenters. The molecule has 0 aromatic heterocycles. The zero-order valence-corrected chi connectivity index (χ0v) is 9.71. The minimum atomic E-state index is -3.55. The molecule has 5 nitrogen and oxygen atoms in total. The molecule has 0 radical (unpaired) electrons. The first-order valence-corrected chi connectivity index (χ1v) is 6.43. The molecular formula is C9H15NO4S. The third kappa shape index (κ3) is 4.79. The van der Waals surface area contributed by atoms with E-state index in [9.17, 15) is 13.2 Å². The molecule has 0 spiro atoms. The lowest BCUT2D eigenvalue weighted by atomic mass is 10.3. The fourth-order valence-corrected chi connectivity index (χ4v) is 2.60. The first kappa shape index (κ1) is 13.9. The molecule has 0 aromatic rings. The van der Waals surface area contributed by atoms with E-state index in [1.165, 1.54) is 0 Å². The zero-order valence-electron chi connectivity index (χ0n) is 8.89. The van der Waals surface area contributed by atoms with E-state index < -0.39 is 26.8 Å². The van der Waals surface area contributed by atoms with Crippen molar-refractivity contribution in [2.24, 2.45) is 0 Å². The fraction of sp³-hybridized carbons (Fsp3) is 0.778. The average Bonchev–Trinajstić information content (AvgIpc) is 2.13. The van der Waals surface area contributed by atoms with Crippen molar-refractivity contribution in [3.63, 3.8) is 0 Å². The van der Waals surface area contributed by atoms with Crippen molar-refractivity contribution in [1.82, 2.24) is 0 Å². The van der Waals surface area contributed by atoms with Crippen LogP contribution in [0.15, 0.2) is 0 Å². The van der Waals surface area contributed by atoms with Crippen molar-refractivity contribution in [1.29, 1.82) is 5.26 Å². The number of carbonyl (C=O) groups excluding carboxylic acids is 1. The molecular weight excluding hydrogens is 218 g/mol. The Morgan fingerprint density at radius 2 is 2.07 bits per heavy atom. The van der Waals surface area contributed by atoms with Crippen molar-refractivity contribution in [2.75, 3.05) is 12.4 Å². The maximum absolute atomic E-state index is 11.6. The summed E-state index contributed by atoms with van der Waals surface area (Å²) in [6.45, 7) is 3.44. The van der Waals surface area contributed by atoms with Crippen LogP contribution in [0.4, 0.5) is 0 Å². The molecule has 0 aliphatic heterocycles. The maximum atomic E-state index is 11.6. The van der Waals surface area contributed by atoms with E-state index in [4.69, 9.17) is 5.26 Å². The number of sulfone groups is 1. The van der Waals surface area contributed by atoms with Gasteiger partial charge in [0.25, 0.3) is 0 Å². The highest BCUT2D eigenvalue weighted by Gasteiger charge is 2.27. The summed E-state index contributed by atoms with van der Waals surface area (Å²) < 4.78 is 27.7. The Balaban J connectivity index is 4.53. The van der Waals surface area contributed by atoms with Gasteiger partial charge < -0.3 is 4.74 Å². The molecule has 0 aromatic carbocycles. The number of nitriles is 1. The molecule has 6 heteroatoms. The minimum Gasteiger partial charge on any atom is -0.465 e. The van der Waals surface area contributed by atoms with Gasteiger partial charge in [0.15, 0.2) is 9.84 Å². The number of rotatable bonds is 6. The first-order chi connectivity index (χ1) is 6.97. The third-order valence-electron chi connectivity index (χ3n) is 1.91. The van der Waals surface area contributed by atoms with E-state index in [-0.39, 0.29) is 13.0 Å². The van der Waals surface area contributed by atoms with Crippen LogP contribution in [0.1, 0.15) is 26.7 Å². The van der Waals surface area contributed by atoms with Gasteiger partial charge >= 0.3 is 5.97 Å². The predicted octanol–water partition coefficient (Wildman–Crippen LogP) is 0.657. The molecule has 15 heavy (non-hydrogen) atoms. The Kier molecular flexibility index (Phi) is 5.94. The Bertz CT molecular complexity index is 342. The molecule has 0 saturated carbocycles. The third-order valence-corrected chi connectivity index (χ3v) is 4.06. The van der Waals surface area contributed by atoms with Gasteiger partial charge in [0.2, 0.25) is 0 Å². The summed E-state index contributed by atoms with van der Waals surface area (Å²) in [5, 5.41) is 7.67. The topological polar surface area (TPSA) is 84.2 Å². The van der Waals surface area contributed by atoms with Crippen LogP contribution in [0.25, 0.3) is 0 Å². The molecule has 0 fully saturated rings. The largest absolute Gasteiger partial charge is 0.465 e. The van der Waals surface area contributed by atoms with Crippen molar-refractivity contribution in [3.05, 3.63) is 0 Å². The van der Waals surface area contributed by atoms with Gasteiger partial charge in [0, 0.05) is 0 Å². The lowest BCUT2D eigenvalue weighted by molar-refractivity contribution is -0.139. The van der Waals surface area contributed by atoms with Gasteiger partial charge in [-0.1, -0.05) is 6.92 Å². The zero-order chi connectivity index (χ0) is 11.9. The summed E-state index contributed by atoms with van der Waals surface area (Å²) in [7, 11) is -3.55. The second-order valence-electron chi connectivity index (χ2n) is 3.00. The van der Waals surface area contributed by atoms with E-state index in [1.807, 2.05) is 0 Å². The summed E-state index contributed by atoms with van der Waals surface area (Å²) >= 11 is 0. The molecule has 86 valence electrons. The van der Waals surface area contributed by atoms with Crippen molar-refractivity contribution >= 4 is 15.8 Å².